The van der Waals surface area contributed by atoms with E-state index in [1.165, 1.54) is 12.1 Å². The Bertz CT molecular complexity index is 532. The van der Waals surface area contributed by atoms with Crippen molar-refractivity contribution in [2.45, 2.75) is 0 Å². The number of nitrogens with one attached hydrogen (secondary N) is 1. The zero-order valence-electron chi connectivity index (χ0n) is 9.47. The van der Waals surface area contributed by atoms with Crippen molar-refractivity contribution in [1.82, 2.24) is 4.98 Å². The van der Waals surface area contributed by atoms with Gasteiger partial charge in [-0.15, -0.1) is 0 Å². The number of anilines is 1. The summed E-state index contributed by atoms with van der Waals surface area (Å²) in [6.45, 7) is -0.247. The summed E-state index contributed by atoms with van der Waals surface area (Å²) in [6, 6.07) is 9.24. The largest absolute Gasteiger partial charge is 0.481 e. The first-order chi connectivity index (χ1) is 8.75. The van der Waals surface area contributed by atoms with Gasteiger partial charge < -0.3 is 10.1 Å². The van der Waals surface area contributed by atoms with Crippen LogP contribution in [0.1, 0.15) is 0 Å². The van der Waals surface area contributed by atoms with E-state index in [2.05, 4.69) is 10.3 Å². The molecule has 0 saturated heterocycles. The molecule has 0 fully saturated rings. The lowest BCUT2D eigenvalue weighted by Crippen LogP contribution is -2.20. The maximum atomic E-state index is 13.2. The predicted octanol–water partition coefficient (Wildman–Crippen LogP) is 2.24. The van der Waals surface area contributed by atoms with Crippen LogP contribution in [0.5, 0.6) is 5.75 Å². The van der Waals surface area contributed by atoms with Gasteiger partial charge in [0.2, 0.25) is 0 Å². The minimum atomic E-state index is -0.491. The number of hydrogen-bond donors (Lipinski definition) is 1. The van der Waals surface area contributed by atoms with Gasteiger partial charge in [0.15, 0.2) is 18.2 Å². The number of hydrogen-bond acceptors (Lipinski definition) is 3. The number of carbonyl (C=O) groups excluding carboxylic acids is 1. The molecule has 0 saturated carbocycles. The van der Waals surface area contributed by atoms with Crippen molar-refractivity contribution >= 4 is 11.6 Å². The fourth-order valence-corrected chi connectivity index (χ4v) is 1.34. The van der Waals surface area contributed by atoms with E-state index in [4.69, 9.17) is 4.74 Å². The second-order valence-corrected chi connectivity index (χ2v) is 3.50. The highest BCUT2D eigenvalue weighted by Crippen LogP contribution is 2.15. The molecule has 4 nitrogen and oxygen atoms in total. The van der Waals surface area contributed by atoms with Gasteiger partial charge in [0.1, 0.15) is 0 Å². The summed E-state index contributed by atoms with van der Waals surface area (Å²) in [7, 11) is 0. The Balaban J connectivity index is 1.88. The highest BCUT2D eigenvalue weighted by atomic mass is 19.1. The van der Waals surface area contributed by atoms with Gasteiger partial charge in [0.25, 0.3) is 5.91 Å². The van der Waals surface area contributed by atoms with Gasteiger partial charge in [-0.3, -0.25) is 9.78 Å². The molecule has 0 radical (unpaired) electrons. The van der Waals surface area contributed by atoms with Gasteiger partial charge in [-0.05, 0) is 24.3 Å². The van der Waals surface area contributed by atoms with E-state index in [0.717, 1.165) is 0 Å². The van der Waals surface area contributed by atoms with Crippen LogP contribution in [0.25, 0.3) is 0 Å². The van der Waals surface area contributed by atoms with Crippen LogP contribution in [0, 0.1) is 5.82 Å². The number of aromatic nitrogens is 1. The van der Waals surface area contributed by atoms with Crippen molar-refractivity contribution in [1.29, 1.82) is 0 Å². The summed E-state index contributed by atoms with van der Waals surface area (Å²) in [6.07, 6.45) is 3.13. The zero-order chi connectivity index (χ0) is 12.8. The number of carbonyl (C=O) groups is 1. The average Bonchev–Trinajstić information content (AvgIpc) is 2.39. The summed E-state index contributed by atoms with van der Waals surface area (Å²) < 4.78 is 18.3. The van der Waals surface area contributed by atoms with Crippen LogP contribution in [0.15, 0.2) is 48.8 Å². The van der Waals surface area contributed by atoms with Gasteiger partial charge >= 0.3 is 0 Å². The summed E-state index contributed by atoms with van der Waals surface area (Å²) in [5.74, 6) is -0.791. The Morgan fingerprint density at radius 1 is 1.22 bits per heavy atom. The maximum absolute atomic E-state index is 13.2. The van der Waals surface area contributed by atoms with E-state index in [0.29, 0.717) is 5.69 Å². The van der Waals surface area contributed by atoms with Crippen LogP contribution in [-0.2, 0) is 4.79 Å². The number of rotatable bonds is 4. The average molecular weight is 246 g/mol. The SMILES string of the molecule is O=C(COc1ccccc1F)Nc1ccncc1. The molecule has 0 atom stereocenters. The van der Waals surface area contributed by atoms with Crippen molar-refractivity contribution in [2.75, 3.05) is 11.9 Å². The monoisotopic (exact) mass is 246 g/mol. The van der Waals surface area contributed by atoms with Gasteiger partial charge in [0, 0.05) is 18.1 Å². The van der Waals surface area contributed by atoms with Crippen LogP contribution in [0.3, 0.4) is 0 Å². The Kier molecular flexibility index (Phi) is 3.86. The molecule has 1 aromatic heterocycles. The van der Waals surface area contributed by atoms with Crippen molar-refractivity contribution in [3.63, 3.8) is 0 Å². The minimum absolute atomic E-state index is 0.0578. The predicted molar refractivity (Wildman–Crippen MR) is 64.8 cm³/mol. The lowest BCUT2D eigenvalue weighted by Gasteiger charge is -2.07. The molecule has 2 rings (SSSR count). The molecule has 0 aliphatic carbocycles. The molecule has 1 N–H and O–H groups in total. The first-order valence-electron chi connectivity index (χ1n) is 5.33. The quantitative estimate of drug-likeness (QED) is 0.900. The van der Waals surface area contributed by atoms with Crippen LogP contribution < -0.4 is 10.1 Å². The molecular weight excluding hydrogens is 235 g/mol. The van der Waals surface area contributed by atoms with E-state index in [1.807, 2.05) is 0 Å². The first-order valence-corrected chi connectivity index (χ1v) is 5.33. The lowest BCUT2D eigenvalue weighted by atomic mass is 10.3. The van der Waals surface area contributed by atoms with Gasteiger partial charge in [-0.25, -0.2) is 4.39 Å². The zero-order valence-corrected chi connectivity index (χ0v) is 9.47. The fraction of sp³-hybridized carbons (Fsp3) is 0.0769. The molecule has 0 aliphatic rings. The number of nitrogens with zero attached hydrogens (tertiary/aromatic N) is 1. The topological polar surface area (TPSA) is 51.2 Å². The lowest BCUT2D eigenvalue weighted by molar-refractivity contribution is -0.118. The molecule has 5 heteroatoms. The van der Waals surface area contributed by atoms with Crippen molar-refractivity contribution in [2.24, 2.45) is 0 Å². The van der Waals surface area contributed by atoms with E-state index in [1.54, 1.807) is 36.7 Å². The van der Waals surface area contributed by atoms with E-state index in [-0.39, 0.29) is 18.3 Å². The van der Waals surface area contributed by atoms with E-state index in [9.17, 15) is 9.18 Å². The Morgan fingerprint density at radius 3 is 2.67 bits per heavy atom. The minimum Gasteiger partial charge on any atom is -0.481 e. The van der Waals surface area contributed by atoms with Crippen molar-refractivity contribution in [3.05, 3.63) is 54.6 Å². The second kappa shape index (κ2) is 5.77. The molecule has 0 aliphatic heterocycles. The summed E-state index contributed by atoms with van der Waals surface area (Å²) in [5.41, 5.74) is 0.618. The summed E-state index contributed by atoms with van der Waals surface area (Å²) in [5, 5.41) is 2.61. The third-order valence-electron chi connectivity index (χ3n) is 2.16. The molecule has 0 spiro atoms. The van der Waals surface area contributed by atoms with Gasteiger partial charge in [-0.2, -0.15) is 0 Å². The number of pyridine rings is 1. The number of para-hydroxylation sites is 1. The van der Waals surface area contributed by atoms with E-state index < -0.39 is 5.82 Å². The standard InChI is InChI=1S/C13H11FN2O2/c14-11-3-1-2-4-12(11)18-9-13(17)16-10-5-7-15-8-6-10/h1-8H,9H2,(H,15,16,17). The van der Waals surface area contributed by atoms with Gasteiger partial charge in [0.05, 0.1) is 0 Å². The molecule has 1 aromatic carbocycles. The maximum Gasteiger partial charge on any atom is 0.262 e. The number of benzene rings is 1. The molecule has 18 heavy (non-hydrogen) atoms. The molecular formula is C13H11FN2O2. The molecule has 1 heterocycles. The normalized spacial score (nSPS) is 9.83. The van der Waals surface area contributed by atoms with Crippen LogP contribution in [0.2, 0.25) is 0 Å². The Labute approximate surface area is 103 Å². The van der Waals surface area contributed by atoms with Crippen molar-refractivity contribution in [3.8, 4) is 5.75 Å². The van der Waals surface area contributed by atoms with Gasteiger partial charge in [-0.1, -0.05) is 12.1 Å². The van der Waals surface area contributed by atoms with Crippen LogP contribution in [0.4, 0.5) is 10.1 Å². The fourth-order valence-electron chi connectivity index (χ4n) is 1.34. The molecule has 92 valence electrons. The second-order valence-electron chi connectivity index (χ2n) is 3.50. The third-order valence-corrected chi connectivity index (χ3v) is 2.16. The molecule has 0 unspecified atom stereocenters. The summed E-state index contributed by atoms with van der Waals surface area (Å²) in [4.78, 5) is 15.3. The number of halogens is 1. The number of ether oxygens (including phenoxy) is 1. The third kappa shape index (κ3) is 3.28. The molecule has 2 aromatic rings. The van der Waals surface area contributed by atoms with E-state index >= 15 is 0 Å². The highest BCUT2D eigenvalue weighted by molar-refractivity contribution is 5.91. The molecule has 0 bridgehead atoms. The summed E-state index contributed by atoms with van der Waals surface area (Å²) >= 11 is 0. The Hall–Kier alpha value is -2.43. The van der Waals surface area contributed by atoms with Crippen LogP contribution >= 0.6 is 0 Å². The Morgan fingerprint density at radius 2 is 1.94 bits per heavy atom. The first kappa shape index (κ1) is 12.0. The number of amides is 1. The van der Waals surface area contributed by atoms with Crippen molar-refractivity contribution < 1.29 is 13.9 Å². The smallest absolute Gasteiger partial charge is 0.262 e. The molecule has 1 amide bonds. The highest BCUT2D eigenvalue weighted by Gasteiger charge is 2.06. The van der Waals surface area contributed by atoms with Crippen LogP contribution in [-0.4, -0.2) is 17.5 Å².